The van der Waals surface area contributed by atoms with Crippen LogP contribution < -0.4 is 10.1 Å². The largest absolute Gasteiger partial charge is 0.493 e. The first kappa shape index (κ1) is 24.1. The maximum Gasteiger partial charge on any atom is 0.227 e. The number of para-hydroxylation sites is 1. The monoisotopic (exact) mass is 443 g/mol. The van der Waals surface area contributed by atoms with E-state index in [1.807, 2.05) is 50.8 Å². The third-order valence-electron chi connectivity index (χ3n) is 6.51. The van der Waals surface area contributed by atoms with Crippen molar-refractivity contribution in [2.24, 2.45) is 5.92 Å². The van der Waals surface area contributed by atoms with Crippen molar-refractivity contribution in [1.82, 2.24) is 15.1 Å². The Hall–Kier alpha value is -2.57. The highest BCUT2D eigenvalue weighted by molar-refractivity contribution is 5.89. The van der Waals surface area contributed by atoms with Gasteiger partial charge in [0.2, 0.25) is 17.7 Å². The lowest BCUT2D eigenvalue weighted by atomic mass is 10.0. The number of rotatable bonds is 8. The second kappa shape index (κ2) is 10.8. The molecule has 176 valence electrons. The Balaban J connectivity index is 1.34. The minimum Gasteiger partial charge on any atom is -0.493 e. The number of amides is 3. The molecule has 7 nitrogen and oxygen atoms in total. The molecule has 2 aliphatic heterocycles. The van der Waals surface area contributed by atoms with Crippen LogP contribution in [-0.2, 0) is 14.4 Å². The number of aryl methyl sites for hydroxylation is 2. The van der Waals surface area contributed by atoms with Crippen molar-refractivity contribution in [2.45, 2.75) is 71.9 Å². The van der Waals surface area contributed by atoms with Crippen molar-refractivity contribution in [3.8, 4) is 5.75 Å². The zero-order valence-electron chi connectivity index (χ0n) is 19.9. The molecule has 0 saturated carbocycles. The van der Waals surface area contributed by atoms with E-state index in [1.54, 1.807) is 4.90 Å². The SMILES string of the molecule is Cc1cccc(C)c1OCCCC(=O)NC1CCN(C(=O)C2CC(=O)N(C(C)C)C2)CC1. The molecule has 0 bridgehead atoms. The summed E-state index contributed by atoms with van der Waals surface area (Å²) in [5.41, 5.74) is 2.21. The van der Waals surface area contributed by atoms with E-state index in [2.05, 4.69) is 5.32 Å². The number of carbonyl (C=O) groups excluding carboxylic acids is 3. The molecule has 0 aliphatic carbocycles. The molecule has 3 rings (SSSR count). The van der Waals surface area contributed by atoms with Crippen molar-refractivity contribution in [3.05, 3.63) is 29.3 Å². The standard InChI is InChI=1S/C25H37N3O4/c1-17(2)28-16-20(15-23(28)30)25(31)27-12-10-21(11-13-27)26-22(29)9-6-14-32-24-18(3)7-5-8-19(24)4/h5,7-8,17,20-21H,6,9-16H2,1-4H3,(H,26,29). The fraction of sp³-hybridized carbons (Fsp3) is 0.640. The molecule has 1 atom stereocenters. The summed E-state index contributed by atoms with van der Waals surface area (Å²) >= 11 is 0. The highest BCUT2D eigenvalue weighted by Crippen LogP contribution is 2.24. The van der Waals surface area contributed by atoms with Gasteiger partial charge in [0.25, 0.3) is 0 Å². The van der Waals surface area contributed by atoms with Gasteiger partial charge in [-0.3, -0.25) is 14.4 Å². The van der Waals surface area contributed by atoms with Gasteiger partial charge in [0, 0.05) is 44.6 Å². The minimum atomic E-state index is -0.229. The first-order chi connectivity index (χ1) is 15.3. The number of hydrogen-bond acceptors (Lipinski definition) is 4. The van der Waals surface area contributed by atoms with Gasteiger partial charge in [-0.1, -0.05) is 18.2 Å². The van der Waals surface area contributed by atoms with E-state index in [-0.39, 0.29) is 35.7 Å². The van der Waals surface area contributed by atoms with E-state index in [9.17, 15) is 14.4 Å². The van der Waals surface area contributed by atoms with Crippen LogP contribution in [0.2, 0.25) is 0 Å². The number of benzene rings is 1. The predicted molar refractivity (Wildman–Crippen MR) is 123 cm³/mol. The molecule has 2 fully saturated rings. The average Bonchev–Trinajstić information content (AvgIpc) is 3.15. The normalized spacial score (nSPS) is 19.5. The van der Waals surface area contributed by atoms with Crippen LogP contribution in [0.4, 0.5) is 0 Å². The molecule has 7 heteroatoms. The Kier molecular flexibility index (Phi) is 8.15. The van der Waals surface area contributed by atoms with Gasteiger partial charge < -0.3 is 19.9 Å². The summed E-state index contributed by atoms with van der Waals surface area (Å²) in [6.45, 7) is 10.3. The Labute approximate surface area is 191 Å². The molecule has 32 heavy (non-hydrogen) atoms. The van der Waals surface area contributed by atoms with Crippen molar-refractivity contribution in [2.75, 3.05) is 26.2 Å². The molecule has 1 unspecified atom stereocenters. The number of piperidine rings is 1. The summed E-state index contributed by atoms with van der Waals surface area (Å²) in [5.74, 6) is 0.865. The van der Waals surface area contributed by atoms with E-state index in [0.717, 1.165) is 29.7 Å². The Morgan fingerprint density at radius 2 is 1.81 bits per heavy atom. The molecule has 3 amide bonds. The van der Waals surface area contributed by atoms with Gasteiger partial charge in [-0.05, 0) is 58.1 Å². The molecule has 0 aromatic heterocycles. The van der Waals surface area contributed by atoms with E-state index in [0.29, 0.717) is 45.5 Å². The summed E-state index contributed by atoms with van der Waals surface area (Å²) in [7, 11) is 0. The molecule has 2 heterocycles. The summed E-state index contributed by atoms with van der Waals surface area (Å²) < 4.78 is 5.88. The van der Waals surface area contributed by atoms with Gasteiger partial charge in [0.15, 0.2) is 0 Å². The van der Waals surface area contributed by atoms with Crippen LogP contribution in [-0.4, -0.2) is 65.8 Å². The molecule has 0 radical (unpaired) electrons. The summed E-state index contributed by atoms with van der Waals surface area (Å²) in [6.07, 6.45) is 2.92. The Morgan fingerprint density at radius 1 is 1.16 bits per heavy atom. The molecule has 1 aromatic carbocycles. The number of carbonyl (C=O) groups is 3. The smallest absolute Gasteiger partial charge is 0.227 e. The molecule has 0 spiro atoms. The van der Waals surface area contributed by atoms with E-state index < -0.39 is 0 Å². The van der Waals surface area contributed by atoms with Crippen LogP contribution >= 0.6 is 0 Å². The Bertz CT molecular complexity index is 810. The van der Waals surface area contributed by atoms with E-state index >= 15 is 0 Å². The molecule has 1 aromatic rings. The molecule has 2 aliphatic rings. The lowest BCUT2D eigenvalue weighted by Gasteiger charge is -2.34. The van der Waals surface area contributed by atoms with Crippen LogP contribution in [0.3, 0.4) is 0 Å². The Morgan fingerprint density at radius 3 is 2.41 bits per heavy atom. The maximum absolute atomic E-state index is 12.8. The van der Waals surface area contributed by atoms with Gasteiger partial charge in [-0.25, -0.2) is 0 Å². The predicted octanol–water partition coefficient (Wildman–Crippen LogP) is 2.83. The van der Waals surface area contributed by atoms with Gasteiger partial charge in [-0.2, -0.15) is 0 Å². The summed E-state index contributed by atoms with van der Waals surface area (Å²) in [5, 5.41) is 3.10. The minimum absolute atomic E-state index is 0.0360. The number of likely N-dealkylation sites (tertiary alicyclic amines) is 2. The van der Waals surface area contributed by atoms with Gasteiger partial charge in [0.1, 0.15) is 5.75 Å². The molecule has 2 saturated heterocycles. The van der Waals surface area contributed by atoms with Crippen LogP contribution in [0, 0.1) is 19.8 Å². The van der Waals surface area contributed by atoms with Crippen LogP contribution in [0.1, 0.15) is 57.1 Å². The van der Waals surface area contributed by atoms with E-state index in [4.69, 9.17) is 4.74 Å². The maximum atomic E-state index is 12.8. The highest BCUT2D eigenvalue weighted by atomic mass is 16.5. The van der Waals surface area contributed by atoms with Crippen molar-refractivity contribution in [3.63, 3.8) is 0 Å². The quantitative estimate of drug-likeness (QED) is 0.627. The first-order valence-corrected chi connectivity index (χ1v) is 11.8. The highest BCUT2D eigenvalue weighted by Gasteiger charge is 2.38. The van der Waals surface area contributed by atoms with Crippen molar-refractivity contribution >= 4 is 17.7 Å². The molecular formula is C25H37N3O4. The zero-order chi connectivity index (χ0) is 23.3. The second-order valence-electron chi connectivity index (χ2n) is 9.38. The molecular weight excluding hydrogens is 406 g/mol. The average molecular weight is 444 g/mol. The number of nitrogens with one attached hydrogen (secondary N) is 1. The van der Waals surface area contributed by atoms with Crippen LogP contribution in [0.25, 0.3) is 0 Å². The lowest BCUT2D eigenvalue weighted by Crippen LogP contribution is -2.48. The number of ether oxygens (including phenoxy) is 1. The second-order valence-corrected chi connectivity index (χ2v) is 9.38. The molecule has 1 N–H and O–H groups in total. The van der Waals surface area contributed by atoms with Gasteiger partial charge in [-0.15, -0.1) is 0 Å². The van der Waals surface area contributed by atoms with Crippen LogP contribution in [0.15, 0.2) is 18.2 Å². The lowest BCUT2D eigenvalue weighted by molar-refractivity contribution is -0.137. The number of nitrogens with zero attached hydrogens (tertiary/aromatic N) is 2. The third-order valence-corrected chi connectivity index (χ3v) is 6.51. The van der Waals surface area contributed by atoms with Crippen molar-refractivity contribution in [1.29, 1.82) is 0 Å². The van der Waals surface area contributed by atoms with Gasteiger partial charge >= 0.3 is 0 Å². The van der Waals surface area contributed by atoms with Crippen molar-refractivity contribution < 1.29 is 19.1 Å². The summed E-state index contributed by atoms with van der Waals surface area (Å²) in [6, 6.07) is 6.29. The van der Waals surface area contributed by atoms with Gasteiger partial charge in [0.05, 0.1) is 12.5 Å². The fourth-order valence-corrected chi connectivity index (χ4v) is 4.63. The fourth-order valence-electron chi connectivity index (χ4n) is 4.63. The first-order valence-electron chi connectivity index (χ1n) is 11.8. The third kappa shape index (κ3) is 6.02. The summed E-state index contributed by atoms with van der Waals surface area (Å²) in [4.78, 5) is 40.9. The van der Waals surface area contributed by atoms with E-state index in [1.165, 1.54) is 0 Å². The van der Waals surface area contributed by atoms with Crippen LogP contribution in [0.5, 0.6) is 5.75 Å². The topological polar surface area (TPSA) is 79.0 Å². The zero-order valence-corrected chi connectivity index (χ0v) is 19.9. The number of hydrogen-bond donors (Lipinski definition) is 1.